The molecule has 0 aromatic heterocycles. The number of rotatable bonds is 5. The van der Waals surface area contributed by atoms with Crippen molar-refractivity contribution in [3.63, 3.8) is 0 Å². The molecule has 0 fully saturated rings. The van der Waals surface area contributed by atoms with E-state index in [9.17, 15) is 0 Å². The monoisotopic (exact) mass is 281 g/mol. The van der Waals surface area contributed by atoms with Crippen molar-refractivity contribution in [3.05, 3.63) is 28.2 Å². The molecule has 16 heavy (non-hydrogen) atoms. The molecule has 0 radical (unpaired) electrons. The summed E-state index contributed by atoms with van der Waals surface area (Å²) in [5.41, 5.74) is 2.84. The first-order valence-electron chi connectivity index (χ1n) is 6.34. The SMILES string of the molecule is CCCCCCC1CNc2ccc(Br)cc21. The van der Waals surface area contributed by atoms with E-state index in [0.29, 0.717) is 0 Å². The fourth-order valence-electron chi connectivity index (χ4n) is 2.45. The number of benzene rings is 1. The van der Waals surface area contributed by atoms with Crippen LogP contribution in [-0.2, 0) is 0 Å². The predicted octanol–water partition coefficient (Wildman–Crippen LogP) is 4.93. The maximum atomic E-state index is 3.56. The van der Waals surface area contributed by atoms with Crippen molar-refractivity contribution >= 4 is 21.6 Å². The fourth-order valence-corrected chi connectivity index (χ4v) is 2.83. The molecule has 0 amide bonds. The molecule has 1 aliphatic rings. The van der Waals surface area contributed by atoms with Gasteiger partial charge in [0, 0.05) is 22.6 Å². The summed E-state index contributed by atoms with van der Waals surface area (Å²) in [6.07, 6.45) is 6.79. The summed E-state index contributed by atoms with van der Waals surface area (Å²) in [6, 6.07) is 6.58. The lowest BCUT2D eigenvalue weighted by Crippen LogP contribution is -2.01. The van der Waals surface area contributed by atoms with Gasteiger partial charge in [0.2, 0.25) is 0 Å². The summed E-state index contributed by atoms with van der Waals surface area (Å²) in [7, 11) is 0. The first-order valence-corrected chi connectivity index (χ1v) is 7.14. The lowest BCUT2D eigenvalue weighted by atomic mass is 9.95. The Morgan fingerprint density at radius 3 is 3.00 bits per heavy atom. The number of fused-ring (bicyclic) bond motifs is 1. The highest BCUT2D eigenvalue weighted by Crippen LogP contribution is 2.36. The van der Waals surface area contributed by atoms with Crippen LogP contribution in [-0.4, -0.2) is 6.54 Å². The van der Waals surface area contributed by atoms with Crippen molar-refractivity contribution in [1.29, 1.82) is 0 Å². The Hall–Kier alpha value is -0.500. The van der Waals surface area contributed by atoms with Gasteiger partial charge in [-0.1, -0.05) is 48.5 Å². The van der Waals surface area contributed by atoms with Crippen molar-refractivity contribution in [3.8, 4) is 0 Å². The zero-order chi connectivity index (χ0) is 11.4. The van der Waals surface area contributed by atoms with Crippen molar-refractivity contribution in [1.82, 2.24) is 0 Å². The largest absolute Gasteiger partial charge is 0.384 e. The maximum absolute atomic E-state index is 3.56. The fraction of sp³-hybridized carbons (Fsp3) is 0.571. The lowest BCUT2D eigenvalue weighted by Gasteiger charge is -2.09. The highest BCUT2D eigenvalue weighted by molar-refractivity contribution is 9.10. The summed E-state index contributed by atoms with van der Waals surface area (Å²) in [6.45, 7) is 3.39. The summed E-state index contributed by atoms with van der Waals surface area (Å²) in [4.78, 5) is 0. The van der Waals surface area contributed by atoms with Crippen LogP contribution in [0.15, 0.2) is 22.7 Å². The zero-order valence-electron chi connectivity index (χ0n) is 9.93. The Balaban J connectivity index is 1.92. The second-order valence-corrected chi connectivity index (χ2v) is 5.57. The minimum Gasteiger partial charge on any atom is -0.384 e. The van der Waals surface area contributed by atoms with E-state index in [2.05, 4.69) is 46.4 Å². The first kappa shape index (κ1) is 12.0. The van der Waals surface area contributed by atoms with E-state index in [-0.39, 0.29) is 0 Å². The molecule has 1 aromatic rings. The van der Waals surface area contributed by atoms with Crippen LogP contribution in [0.5, 0.6) is 0 Å². The average Bonchev–Trinajstić information content (AvgIpc) is 2.67. The Bertz CT molecular complexity index is 349. The van der Waals surface area contributed by atoms with Crippen LogP contribution in [0.25, 0.3) is 0 Å². The number of hydrogen-bond donors (Lipinski definition) is 1. The number of halogens is 1. The van der Waals surface area contributed by atoms with E-state index in [1.165, 1.54) is 47.8 Å². The van der Waals surface area contributed by atoms with Crippen molar-refractivity contribution < 1.29 is 0 Å². The summed E-state index contributed by atoms with van der Waals surface area (Å²) in [5.74, 6) is 0.726. The van der Waals surface area contributed by atoms with Gasteiger partial charge in [-0.15, -0.1) is 0 Å². The third kappa shape index (κ3) is 2.79. The predicted molar refractivity (Wildman–Crippen MR) is 74.1 cm³/mol. The van der Waals surface area contributed by atoms with Gasteiger partial charge in [0.25, 0.3) is 0 Å². The van der Waals surface area contributed by atoms with Crippen LogP contribution in [0.2, 0.25) is 0 Å². The number of hydrogen-bond acceptors (Lipinski definition) is 1. The molecule has 1 N–H and O–H groups in total. The topological polar surface area (TPSA) is 12.0 Å². The van der Waals surface area contributed by atoms with Gasteiger partial charge >= 0.3 is 0 Å². The summed E-state index contributed by atoms with van der Waals surface area (Å²) >= 11 is 3.56. The molecule has 2 heteroatoms. The van der Waals surface area contributed by atoms with E-state index in [0.717, 1.165) is 12.5 Å². The Kier molecular flexibility index (Phi) is 4.28. The second-order valence-electron chi connectivity index (χ2n) is 4.66. The average molecular weight is 282 g/mol. The molecule has 1 heterocycles. The molecule has 2 rings (SSSR count). The number of unbranched alkanes of at least 4 members (excludes halogenated alkanes) is 3. The molecule has 88 valence electrons. The standard InChI is InChI=1S/C14H20BrN/c1-2-3-4-5-6-11-10-16-14-8-7-12(15)9-13(11)14/h7-9,11,16H,2-6,10H2,1H3. The van der Waals surface area contributed by atoms with E-state index >= 15 is 0 Å². The van der Waals surface area contributed by atoms with E-state index in [1.54, 1.807) is 0 Å². The van der Waals surface area contributed by atoms with Gasteiger partial charge < -0.3 is 5.32 Å². The highest BCUT2D eigenvalue weighted by Gasteiger charge is 2.21. The normalized spacial score (nSPS) is 18.2. The molecule has 0 aliphatic carbocycles. The molecular formula is C14H20BrN. The molecule has 1 nitrogen and oxygen atoms in total. The molecule has 0 saturated carbocycles. The number of anilines is 1. The molecule has 1 unspecified atom stereocenters. The van der Waals surface area contributed by atoms with Crippen LogP contribution < -0.4 is 5.32 Å². The Labute approximate surface area is 107 Å². The minimum atomic E-state index is 0.726. The van der Waals surface area contributed by atoms with E-state index in [4.69, 9.17) is 0 Å². The molecule has 0 bridgehead atoms. The molecule has 1 aliphatic heterocycles. The highest BCUT2D eigenvalue weighted by atomic mass is 79.9. The smallest absolute Gasteiger partial charge is 0.0377 e. The van der Waals surface area contributed by atoms with Crippen LogP contribution >= 0.6 is 15.9 Å². The third-order valence-corrected chi connectivity index (χ3v) is 3.89. The van der Waals surface area contributed by atoms with Crippen LogP contribution in [0, 0.1) is 0 Å². The van der Waals surface area contributed by atoms with Crippen molar-refractivity contribution in [2.75, 3.05) is 11.9 Å². The molecular weight excluding hydrogens is 262 g/mol. The lowest BCUT2D eigenvalue weighted by molar-refractivity contribution is 0.578. The van der Waals surface area contributed by atoms with Gasteiger partial charge in [-0.3, -0.25) is 0 Å². The molecule has 0 saturated heterocycles. The quantitative estimate of drug-likeness (QED) is 0.755. The Morgan fingerprint density at radius 2 is 2.19 bits per heavy atom. The van der Waals surface area contributed by atoms with Crippen LogP contribution in [0.3, 0.4) is 0 Å². The zero-order valence-corrected chi connectivity index (χ0v) is 11.5. The third-order valence-electron chi connectivity index (χ3n) is 3.40. The van der Waals surface area contributed by atoms with Gasteiger partial charge in [0.1, 0.15) is 0 Å². The Morgan fingerprint density at radius 1 is 1.31 bits per heavy atom. The van der Waals surface area contributed by atoms with E-state index < -0.39 is 0 Å². The second kappa shape index (κ2) is 5.72. The van der Waals surface area contributed by atoms with E-state index in [1.807, 2.05) is 0 Å². The van der Waals surface area contributed by atoms with Crippen molar-refractivity contribution in [2.24, 2.45) is 0 Å². The van der Waals surface area contributed by atoms with Crippen molar-refractivity contribution in [2.45, 2.75) is 44.9 Å². The minimum absolute atomic E-state index is 0.726. The van der Waals surface area contributed by atoms with Gasteiger partial charge in [0.15, 0.2) is 0 Å². The molecule has 0 spiro atoms. The number of nitrogens with one attached hydrogen (secondary N) is 1. The van der Waals surface area contributed by atoms with Crippen LogP contribution in [0.4, 0.5) is 5.69 Å². The summed E-state index contributed by atoms with van der Waals surface area (Å²) in [5, 5.41) is 3.50. The van der Waals surface area contributed by atoms with Crippen LogP contribution in [0.1, 0.15) is 50.5 Å². The van der Waals surface area contributed by atoms with Gasteiger partial charge in [-0.25, -0.2) is 0 Å². The summed E-state index contributed by atoms with van der Waals surface area (Å²) < 4.78 is 1.20. The van der Waals surface area contributed by atoms with Gasteiger partial charge in [0.05, 0.1) is 0 Å². The van der Waals surface area contributed by atoms with Gasteiger partial charge in [-0.2, -0.15) is 0 Å². The maximum Gasteiger partial charge on any atom is 0.0377 e. The first-order chi connectivity index (χ1) is 7.81. The van der Waals surface area contributed by atoms with Gasteiger partial charge in [-0.05, 0) is 30.2 Å². The molecule has 1 aromatic carbocycles. The molecule has 1 atom stereocenters.